The Hall–Kier alpha value is -4.55. The number of carbonyl (C=O) groups is 4. The lowest BCUT2D eigenvalue weighted by molar-refractivity contribution is -0.139. The molecule has 0 fully saturated rings. The number of aliphatic carboxylic acids is 1. The van der Waals surface area contributed by atoms with Gasteiger partial charge in [-0.15, -0.1) is 5.10 Å². The molecule has 0 aliphatic carbocycles. The number of nitrogens with one attached hydrogen (secondary N) is 2. The van der Waals surface area contributed by atoms with Gasteiger partial charge in [-0.3, -0.25) is 19.4 Å². The first kappa shape index (κ1) is 26.7. The summed E-state index contributed by atoms with van der Waals surface area (Å²) < 4.78 is 0. The van der Waals surface area contributed by atoms with E-state index in [1.807, 2.05) is 0 Å². The van der Waals surface area contributed by atoms with E-state index in [0.717, 1.165) is 11.1 Å². The van der Waals surface area contributed by atoms with Gasteiger partial charge in [0.1, 0.15) is 12.4 Å². The van der Waals surface area contributed by atoms with Crippen molar-refractivity contribution < 1.29 is 29.4 Å². The normalized spacial score (nSPS) is 11.7. The van der Waals surface area contributed by atoms with Crippen LogP contribution in [0.25, 0.3) is 6.08 Å². The molecule has 0 heterocycles. The van der Waals surface area contributed by atoms with Gasteiger partial charge >= 0.3 is 11.9 Å². The van der Waals surface area contributed by atoms with E-state index in [9.17, 15) is 19.2 Å². The second-order valence-electron chi connectivity index (χ2n) is 6.85. The van der Waals surface area contributed by atoms with Gasteiger partial charge in [-0.1, -0.05) is 11.6 Å². The van der Waals surface area contributed by atoms with Crippen molar-refractivity contribution in [2.75, 3.05) is 10.3 Å². The van der Waals surface area contributed by atoms with Crippen LogP contribution in [0.2, 0.25) is 5.02 Å². The number of benzene rings is 2. The van der Waals surface area contributed by atoms with Crippen LogP contribution in [-0.4, -0.2) is 53.1 Å². The molecule has 0 aliphatic heterocycles. The second-order valence-corrected chi connectivity index (χ2v) is 7.28. The number of carbonyl (C=O) groups excluding carboxylic acids is 2. The van der Waals surface area contributed by atoms with Gasteiger partial charge in [-0.05, 0) is 48.5 Å². The van der Waals surface area contributed by atoms with Crippen molar-refractivity contribution in [3.8, 4) is 0 Å². The number of nitrogens with zero attached hydrogens (tertiary/aromatic N) is 3. The fraction of sp³-hybridized carbons (Fsp3) is 0.0909. The standard InChI is InChI=1S/C22H21ClN6O6/c1-25-26-12-29(24)18-8-5-15(23)10-14(18)4-9-19(30)28-17(11-20(31)32)21(33)27-16-6-2-13(3-7-16)22(34)35/h2-10,12,17H,1,11,24H2,(H,27,33)(H,28,30)(H,31,32)(H,34,35)/b9-4+,26-12-/t17-/m0/s1. The third-order valence-electron chi connectivity index (χ3n) is 4.35. The highest BCUT2D eigenvalue weighted by Crippen LogP contribution is 2.23. The van der Waals surface area contributed by atoms with Crippen LogP contribution >= 0.6 is 11.6 Å². The van der Waals surface area contributed by atoms with Crippen LogP contribution in [-0.2, 0) is 14.4 Å². The summed E-state index contributed by atoms with van der Waals surface area (Å²) in [5.74, 6) is 1.86. The lowest BCUT2D eigenvalue weighted by Gasteiger charge is -2.17. The van der Waals surface area contributed by atoms with Crippen LogP contribution in [0.3, 0.4) is 0 Å². The zero-order valence-electron chi connectivity index (χ0n) is 18.1. The van der Waals surface area contributed by atoms with E-state index in [4.69, 9.17) is 27.7 Å². The molecule has 0 bridgehead atoms. The summed E-state index contributed by atoms with van der Waals surface area (Å²) in [5, 5.41) is 31.2. The highest BCUT2D eigenvalue weighted by atomic mass is 35.5. The summed E-state index contributed by atoms with van der Waals surface area (Å²) in [5.41, 5.74) is 1.06. The number of nitrogens with two attached hydrogens (primary N) is 1. The molecule has 0 saturated carbocycles. The summed E-state index contributed by atoms with van der Waals surface area (Å²) in [6.07, 6.45) is 2.94. The summed E-state index contributed by atoms with van der Waals surface area (Å²) in [7, 11) is 0. The smallest absolute Gasteiger partial charge is 0.335 e. The predicted octanol–water partition coefficient (Wildman–Crippen LogP) is 1.97. The van der Waals surface area contributed by atoms with Gasteiger partial charge in [0.2, 0.25) is 11.8 Å². The Morgan fingerprint density at radius 1 is 1.14 bits per heavy atom. The summed E-state index contributed by atoms with van der Waals surface area (Å²) in [6.45, 7) is 3.21. The Kier molecular flexibility index (Phi) is 9.63. The van der Waals surface area contributed by atoms with Crippen molar-refractivity contribution in [1.29, 1.82) is 0 Å². The van der Waals surface area contributed by atoms with Crippen molar-refractivity contribution in [2.24, 2.45) is 16.0 Å². The third-order valence-corrected chi connectivity index (χ3v) is 4.59. The third kappa shape index (κ3) is 8.38. The molecule has 1 atom stereocenters. The molecule has 35 heavy (non-hydrogen) atoms. The first-order chi connectivity index (χ1) is 16.6. The topological polar surface area (TPSA) is 187 Å². The van der Waals surface area contributed by atoms with E-state index in [1.54, 1.807) is 12.1 Å². The van der Waals surface area contributed by atoms with Gasteiger partial charge in [0.15, 0.2) is 0 Å². The molecule has 0 unspecified atom stereocenters. The average Bonchev–Trinajstić information content (AvgIpc) is 2.80. The number of halogens is 1. The Morgan fingerprint density at radius 3 is 2.43 bits per heavy atom. The second kappa shape index (κ2) is 12.6. The number of rotatable bonds is 11. The van der Waals surface area contributed by atoms with Crippen molar-refractivity contribution in [1.82, 2.24) is 5.32 Å². The number of carboxylic acid groups (broad SMARTS) is 2. The van der Waals surface area contributed by atoms with E-state index < -0.39 is 36.2 Å². The van der Waals surface area contributed by atoms with Gasteiger partial charge < -0.3 is 20.8 Å². The molecule has 2 rings (SSSR count). The van der Waals surface area contributed by atoms with E-state index in [-0.39, 0.29) is 11.3 Å². The highest BCUT2D eigenvalue weighted by molar-refractivity contribution is 6.30. The largest absolute Gasteiger partial charge is 0.481 e. The quantitative estimate of drug-likeness (QED) is 0.102. The van der Waals surface area contributed by atoms with Gasteiger partial charge in [-0.25, -0.2) is 10.6 Å². The SMILES string of the molecule is C=N/N=C\N(N)c1ccc(Cl)cc1/C=C/C(=O)N[C@@H](CC(=O)O)C(=O)Nc1ccc(C(=O)O)cc1. The van der Waals surface area contributed by atoms with E-state index in [1.165, 1.54) is 42.7 Å². The van der Waals surface area contributed by atoms with Crippen LogP contribution in [0, 0.1) is 0 Å². The van der Waals surface area contributed by atoms with Crippen LogP contribution < -0.4 is 21.5 Å². The van der Waals surface area contributed by atoms with Crippen LogP contribution in [0.4, 0.5) is 11.4 Å². The molecule has 0 spiro atoms. The van der Waals surface area contributed by atoms with E-state index >= 15 is 0 Å². The molecule has 13 heteroatoms. The van der Waals surface area contributed by atoms with Crippen LogP contribution in [0.5, 0.6) is 0 Å². The Labute approximate surface area is 204 Å². The lowest BCUT2D eigenvalue weighted by atomic mass is 10.1. The summed E-state index contributed by atoms with van der Waals surface area (Å²) in [4.78, 5) is 47.2. The maximum Gasteiger partial charge on any atom is 0.335 e. The molecule has 0 aromatic heterocycles. The number of aromatic carboxylic acids is 1. The first-order valence-electron chi connectivity index (χ1n) is 9.78. The molecule has 12 nitrogen and oxygen atoms in total. The maximum atomic E-state index is 12.6. The summed E-state index contributed by atoms with van der Waals surface area (Å²) >= 11 is 6.02. The number of hydrogen-bond acceptors (Lipinski definition) is 7. The minimum Gasteiger partial charge on any atom is -0.481 e. The zero-order valence-corrected chi connectivity index (χ0v) is 18.8. The number of hydrazine groups is 1. The highest BCUT2D eigenvalue weighted by Gasteiger charge is 2.23. The van der Waals surface area contributed by atoms with Gasteiger partial charge in [0, 0.05) is 29.1 Å². The molecular formula is C22H21ClN6O6. The molecule has 2 amide bonds. The number of anilines is 2. The number of hydrogen-bond donors (Lipinski definition) is 5. The van der Waals surface area contributed by atoms with Crippen molar-refractivity contribution in [3.63, 3.8) is 0 Å². The van der Waals surface area contributed by atoms with Crippen molar-refractivity contribution in [3.05, 3.63) is 64.7 Å². The molecule has 2 aromatic carbocycles. The van der Waals surface area contributed by atoms with Gasteiger partial charge in [0.05, 0.1) is 17.7 Å². The van der Waals surface area contributed by atoms with E-state index in [2.05, 4.69) is 27.6 Å². The average molecular weight is 501 g/mol. The molecule has 182 valence electrons. The number of carboxylic acids is 2. The molecule has 0 aliphatic rings. The molecule has 0 saturated heterocycles. The fourth-order valence-electron chi connectivity index (χ4n) is 2.74. The zero-order chi connectivity index (χ0) is 26.0. The van der Waals surface area contributed by atoms with Gasteiger partial charge in [-0.2, -0.15) is 5.10 Å². The van der Waals surface area contributed by atoms with E-state index in [0.29, 0.717) is 16.3 Å². The summed E-state index contributed by atoms with van der Waals surface area (Å²) in [6, 6.07) is 8.47. The monoisotopic (exact) mass is 500 g/mol. The Morgan fingerprint density at radius 2 is 1.83 bits per heavy atom. The number of amides is 2. The van der Waals surface area contributed by atoms with Crippen molar-refractivity contribution >= 4 is 65.9 Å². The first-order valence-corrected chi connectivity index (χ1v) is 10.2. The minimum absolute atomic E-state index is 0.00646. The van der Waals surface area contributed by atoms with Gasteiger partial charge in [0.25, 0.3) is 0 Å². The fourth-order valence-corrected chi connectivity index (χ4v) is 2.92. The molecule has 6 N–H and O–H groups in total. The lowest BCUT2D eigenvalue weighted by Crippen LogP contribution is -2.44. The molecule has 2 aromatic rings. The molecular weight excluding hydrogens is 480 g/mol. The maximum absolute atomic E-state index is 12.6. The Balaban J connectivity index is 2.16. The van der Waals surface area contributed by atoms with Crippen LogP contribution in [0.1, 0.15) is 22.3 Å². The predicted molar refractivity (Wildman–Crippen MR) is 131 cm³/mol. The molecule has 0 radical (unpaired) electrons. The minimum atomic E-state index is -1.42. The Bertz CT molecular complexity index is 1180. The van der Waals surface area contributed by atoms with Crippen molar-refractivity contribution in [2.45, 2.75) is 12.5 Å². The van der Waals surface area contributed by atoms with Crippen LogP contribution in [0.15, 0.2) is 58.7 Å².